The van der Waals surface area contributed by atoms with Gasteiger partial charge in [-0.2, -0.15) is 8.42 Å². The van der Waals surface area contributed by atoms with Crippen molar-refractivity contribution in [3.05, 3.63) is 36.4 Å². The van der Waals surface area contributed by atoms with E-state index < -0.39 is 10.1 Å². The molecule has 0 aromatic heterocycles. The third-order valence-corrected chi connectivity index (χ3v) is 3.66. The molecule has 2 aromatic rings. The van der Waals surface area contributed by atoms with Crippen LogP contribution in [0.1, 0.15) is 1.43 Å². The van der Waals surface area contributed by atoms with Crippen LogP contribution in [0, 0.1) is 0 Å². The topological polar surface area (TPSA) is 93.1 Å². The second-order valence-electron chi connectivity index (χ2n) is 4.33. The largest absolute Gasteiger partial charge is 1.00 e. The standard InChI is InChI=1S/C14H16O6S.Na.H/c15-5-6-19-7-8-20-13-3-1-12-10-14(21(16,17)18)4-2-11(12)9-13;;/h1-4,9-10,15H,5-8H2,(H,16,17,18);;/q;+1;-1. The molecule has 2 N–H and O–H groups in total. The van der Waals surface area contributed by atoms with E-state index >= 15 is 0 Å². The van der Waals surface area contributed by atoms with Gasteiger partial charge >= 0.3 is 29.6 Å². The smallest absolute Gasteiger partial charge is 1.00 e. The fraction of sp³-hybridized carbons (Fsp3) is 0.286. The number of hydrogen-bond acceptors (Lipinski definition) is 5. The van der Waals surface area contributed by atoms with Crippen LogP contribution < -0.4 is 34.3 Å². The average Bonchev–Trinajstić information content (AvgIpc) is 2.45. The number of aliphatic hydroxyl groups excluding tert-OH is 1. The van der Waals surface area contributed by atoms with Crippen molar-refractivity contribution in [2.24, 2.45) is 0 Å². The molecule has 116 valence electrons. The molecular weight excluding hydrogens is 319 g/mol. The molecule has 0 aliphatic rings. The monoisotopic (exact) mass is 336 g/mol. The summed E-state index contributed by atoms with van der Waals surface area (Å²) in [5.74, 6) is 0.634. The van der Waals surface area contributed by atoms with Crippen molar-refractivity contribution in [2.45, 2.75) is 4.90 Å². The minimum Gasteiger partial charge on any atom is -1.00 e. The van der Waals surface area contributed by atoms with E-state index in [2.05, 4.69) is 0 Å². The third-order valence-electron chi connectivity index (χ3n) is 2.81. The third kappa shape index (κ3) is 5.51. The fourth-order valence-corrected chi connectivity index (χ4v) is 2.35. The molecular formula is C14H17NaO6S. The van der Waals surface area contributed by atoms with Crippen molar-refractivity contribution in [2.75, 3.05) is 26.4 Å². The number of fused-ring (bicyclic) bond motifs is 1. The number of hydrogen-bond donors (Lipinski definition) is 2. The quantitative estimate of drug-likeness (QED) is 0.367. The van der Waals surface area contributed by atoms with Gasteiger partial charge in [0.1, 0.15) is 12.4 Å². The van der Waals surface area contributed by atoms with Gasteiger partial charge < -0.3 is 16.0 Å². The van der Waals surface area contributed by atoms with Gasteiger partial charge in [-0.25, -0.2) is 0 Å². The van der Waals surface area contributed by atoms with Gasteiger partial charge in [-0.1, -0.05) is 12.1 Å². The Kier molecular flexibility index (Phi) is 7.78. The zero-order chi connectivity index (χ0) is 15.3. The molecule has 8 heteroatoms. The molecule has 0 unspecified atom stereocenters. The molecule has 0 aliphatic carbocycles. The Morgan fingerprint density at radius 1 is 1.00 bits per heavy atom. The predicted octanol–water partition coefficient (Wildman–Crippen LogP) is -1.41. The summed E-state index contributed by atoms with van der Waals surface area (Å²) in [4.78, 5) is -0.138. The van der Waals surface area contributed by atoms with Crippen LogP contribution in [0.15, 0.2) is 41.3 Å². The molecule has 0 saturated carbocycles. The van der Waals surface area contributed by atoms with Crippen LogP contribution in [0.25, 0.3) is 10.8 Å². The Morgan fingerprint density at radius 3 is 2.36 bits per heavy atom. The molecule has 6 nitrogen and oxygen atoms in total. The molecule has 0 atom stereocenters. The van der Waals surface area contributed by atoms with Crippen LogP contribution in [-0.2, 0) is 14.9 Å². The van der Waals surface area contributed by atoms with Gasteiger partial charge in [0, 0.05) is 0 Å². The summed E-state index contributed by atoms with van der Waals surface area (Å²) in [7, 11) is -4.20. The fourth-order valence-electron chi connectivity index (χ4n) is 1.84. The average molecular weight is 336 g/mol. The summed E-state index contributed by atoms with van der Waals surface area (Å²) in [6.45, 7) is 0.987. The van der Waals surface area contributed by atoms with Gasteiger partial charge in [-0.15, -0.1) is 0 Å². The molecule has 0 fully saturated rings. The number of rotatable bonds is 7. The first kappa shape index (κ1) is 19.4. The van der Waals surface area contributed by atoms with E-state index in [1.165, 1.54) is 12.1 Å². The maximum Gasteiger partial charge on any atom is 1.00 e. The SMILES string of the molecule is O=S(=O)(O)c1ccc2cc(OCCOCCO)ccc2c1.[H-].[Na+]. The van der Waals surface area contributed by atoms with Crippen LogP contribution >= 0.6 is 0 Å². The predicted molar refractivity (Wildman–Crippen MR) is 78.3 cm³/mol. The Balaban J connectivity index is 0.00000242. The summed E-state index contributed by atoms with van der Waals surface area (Å²) in [6.07, 6.45) is 0. The van der Waals surface area contributed by atoms with Gasteiger partial charge in [0.25, 0.3) is 10.1 Å². The van der Waals surface area contributed by atoms with Crippen molar-refractivity contribution in [3.8, 4) is 5.75 Å². The maximum atomic E-state index is 11.1. The van der Waals surface area contributed by atoms with Crippen LogP contribution in [0.4, 0.5) is 0 Å². The summed E-state index contributed by atoms with van der Waals surface area (Å²) >= 11 is 0. The van der Waals surface area contributed by atoms with Crippen molar-refractivity contribution in [1.82, 2.24) is 0 Å². The van der Waals surface area contributed by atoms with Gasteiger partial charge in [-0.3, -0.25) is 4.55 Å². The Hall–Kier alpha value is -0.670. The first-order valence-electron chi connectivity index (χ1n) is 6.33. The van der Waals surface area contributed by atoms with E-state index in [0.29, 0.717) is 24.3 Å². The van der Waals surface area contributed by atoms with Gasteiger partial charge in [0.2, 0.25) is 0 Å². The second-order valence-corrected chi connectivity index (χ2v) is 5.75. The first-order chi connectivity index (χ1) is 10.0. The van der Waals surface area contributed by atoms with E-state index in [4.69, 9.17) is 19.1 Å². The molecule has 0 amide bonds. The van der Waals surface area contributed by atoms with E-state index in [1.807, 2.05) is 0 Å². The van der Waals surface area contributed by atoms with E-state index in [-0.39, 0.29) is 49.1 Å². The molecule has 0 saturated heterocycles. The number of benzene rings is 2. The van der Waals surface area contributed by atoms with Gasteiger partial charge in [0.05, 0.1) is 24.7 Å². The van der Waals surface area contributed by atoms with Crippen molar-refractivity contribution >= 4 is 20.9 Å². The molecule has 0 spiro atoms. The molecule has 2 rings (SSSR count). The molecule has 2 aromatic carbocycles. The minimum atomic E-state index is -4.20. The molecule has 0 radical (unpaired) electrons. The van der Waals surface area contributed by atoms with Crippen molar-refractivity contribution in [3.63, 3.8) is 0 Å². The van der Waals surface area contributed by atoms with Crippen molar-refractivity contribution < 1.29 is 58.5 Å². The maximum absolute atomic E-state index is 11.1. The Bertz CT molecular complexity index is 722. The summed E-state index contributed by atoms with van der Waals surface area (Å²) in [6, 6.07) is 9.55. The van der Waals surface area contributed by atoms with E-state index in [1.54, 1.807) is 24.3 Å². The number of aliphatic hydroxyl groups is 1. The summed E-state index contributed by atoms with van der Waals surface area (Å²) in [5, 5.41) is 10.0. The summed E-state index contributed by atoms with van der Waals surface area (Å²) < 4.78 is 41.7. The van der Waals surface area contributed by atoms with Crippen molar-refractivity contribution in [1.29, 1.82) is 0 Å². The molecule has 0 heterocycles. The Labute approximate surface area is 152 Å². The van der Waals surface area contributed by atoms with Crippen LogP contribution in [0.2, 0.25) is 0 Å². The summed E-state index contributed by atoms with van der Waals surface area (Å²) in [5.41, 5.74) is 0. The molecule has 22 heavy (non-hydrogen) atoms. The number of ether oxygens (including phenoxy) is 2. The second kappa shape index (κ2) is 8.83. The van der Waals surface area contributed by atoms with E-state index in [0.717, 1.165) is 5.39 Å². The first-order valence-corrected chi connectivity index (χ1v) is 7.77. The van der Waals surface area contributed by atoms with E-state index in [9.17, 15) is 8.42 Å². The van der Waals surface area contributed by atoms with Crippen LogP contribution in [-0.4, -0.2) is 44.5 Å². The normalized spacial score (nSPS) is 11.2. The molecule has 0 bridgehead atoms. The zero-order valence-electron chi connectivity index (χ0n) is 13.2. The van der Waals surface area contributed by atoms with Crippen LogP contribution in [0.3, 0.4) is 0 Å². The van der Waals surface area contributed by atoms with Gasteiger partial charge in [0.15, 0.2) is 0 Å². The Morgan fingerprint density at radius 2 is 1.68 bits per heavy atom. The van der Waals surface area contributed by atoms with Crippen LogP contribution in [0.5, 0.6) is 5.75 Å². The van der Waals surface area contributed by atoms with Gasteiger partial charge in [-0.05, 0) is 35.0 Å². The minimum absolute atomic E-state index is 0. The zero-order valence-corrected chi connectivity index (χ0v) is 15.0. The molecule has 0 aliphatic heterocycles.